The van der Waals surface area contributed by atoms with Crippen molar-refractivity contribution in [1.29, 1.82) is 0 Å². The first-order valence-corrected chi connectivity index (χ1v) is 3.23. The third-order valence-corrected chi connectivity index (χ3v) is 1.66. The van der Waals surface area contributed by atoms with Crippen LogP contribution in [0.15, 0.2) is 12.7 Å². The maximum absolute atomic E-state index is 10.5. The van der Waals surface area contributed by atoms with E-state index in [1.54, 1.807) is 6.92 Å². The largest absolute Gasteiger partial charge is 0.418 e. The molecule has 0 aromatic heterocycles. The molecule has 2 nitrogen and oxygen atoms in total. The summed E-state index contributed by atoms with van der Waals surface area (Å²) < 4.78 is 4.82. The molecule has 3 heteroatoms. The van der Waals surface area contributed by atoms with Gasteiger partial charge in [0.1, 0.15) is 16.6 Å². The molecule has 1 atom stereocenters. The molecular formula is C5H10O2Si. The van der Waals surface area contributed by atoms with E-state index in [-0.39, 0.29) is 11.9 Å². The van der Waals surface area contributed by atoms with Gasteiger partial charge in [0.15, 0.2) is 5.78 Å². The lowest BCUT2D eigenvalue weighted by molar-refractivity contribution is -0.120. The summed E-state index contributed by atoms with van der Waals surface area (Å²) in [4.78, 5) is 10.5. The highest BCUT2D eigenvalue weighted by atomic mass is 28.2. The van der Waals surface area contributed by atoms with Crippen molar-refractivity contribution in [2.75, 3.05) is 0 Å². The maximum Gasteiger partial charge on any atom is 0.182 e. The molecule has 1 unspecified atom stereocenters. The van der Waals surface area contributed by atoms with Crippen molar-refractivity contribution in [3.63, 3.8) is 0 Å². The van der Waals surface area contributed by atoms with E-state index in [2.05, 4.69) is 6.58 Å². The Labute approximate surface area is 52.1 Å². The van der Waals surface area contributed by atoms with Crippen LogP contribution >= 0.6 is 0 Å². The van der Waals surface area contributed by atoms with Gasteiger partial charge < -0.3 is 4.43 Å². The van der Waals surface area contributed by atoms with Crippen LogP contribution in [0.4, 0.5) is 0 Å². The molecular weight excluding hydrogens is 120 g/mol. The van der Waals surface area contributed by atoms with Gasteiger partial charge in [-0.25, -0.2) is 0 Å². The Morgan fingerprint density at radius 1 is 2.00 bits per heavy atom. The zero-order valence-corrected chi connectivity index (χ0v) is 7.18. The molecule has 0 fully saturated rings. The van der Waals surface area contributed by atoms with Gasteiger partial charge in [-0.1, -0.05) is 6.58 Å². The molecule has 0 saturated heterocycles. The third kappa shape index (κ3) is 2.04. The second-order valence-corrected chi connectivity index (χ2v) is 1.96. The van der Waals surface area contributed by atoms with E-state index in [4.69, 9.17) is 4.43 Å². The number of hydrogen-bond donors (Lipinski definition) is 0. The highest BCUT2D eigenvalue weighted by Crippen LogP contribution is 1.88. The Kier molecular flexibility index (Phi) is 3.39. The summed E-state index contributed by atoms with van der Waals surface area (Å²) in [6, 6.07) is 0. The number of rotatable bonds is 3. The molecule has 0 N–H and O–H groups in total. The highest BCUT2D eigenvalue weighted by Gasteiger charge is 2.03. The van der Waals surface area contributed by atoms with Crippen LogP contribution in [0.25, 0.3) is 0 Å². The Bertz CT molecular complexity index is 101. The second-order valence-electron chi connectivity index (χ2n) is 1.48. The van der Waals surface area contributed by atoms with Crippen LogP contribution in [0.5, 0.6) is 0 Å². The molecule has 8 heavy (non-hydrogen) atoms. The van der Waals surface area contributed by atoms with Crippen molar-refractivity contribution in [3.8, 4) is 0 Å². The number of ketones is 1. The molecule has 0 spiro atoms. The Morgan fingerprint density at radius 3 is 2.62 bits per heavy atom. The van der Waals surface area contributed by atoms with Crippen LogP contribution in [-0.2, 0) is 9.22 Å². The minimum absolute atomic E-state index is 0.0417. The van der Waals surface area contributed by atoms with Crippen LogP contribution in [0.1, 0.15) is 6.92 Å². The maximum atomic E-state index is 10.5. The van der Waals surface area contributed by atoms with Crippen molar-refractivity contribution < 1.29 is 9.22 Å². The van der Waals surface area contributed by atoms with Crippen LogP contribution in [0.3, 0.4) is 0 Å². The first-order valence-electron chi connectivity index (χ1n) is 2.41. The fourth-order valence-electron chi connectivity index (χ4n) is 0.282. The summed E-state index contributed by atoms with van der Waals surface area (Å²) in [5.74, 6) is -0.0417. The minimum Gasteiger partial charge on any atom is -0.418 e. The lowest BCUT2D eigenvalue weighted by Crippen LogP contribution is -2.16. The van der Waals surface area contributed by atoms with Crippen LogP contribution < -0.4 is 0 Å². The summed E-state index contributed by atoms with van der Waals surface area (Å²) in [5, 5.41) is 0. The molecule has 0 aromatic carbocycles. The summed E-state index contributed by atoms with van der Waals surface area (Å²) in [6.07, 6.45) is 1.00. The van der Waals surface area contributed by atoms with Gasteiger partial charge in [0.2, 0.25) is 0 Å². The zero-order valence-electron chi connectivity index (χ0n) is 5.18. The van der Waals surface area contributed by atoms with E-state index >= 15 is 0 Å². The fourth-order valence-corrected chi connectivity index (χ4v) is 0.514. The standard InChI is InChI=1S/C5H10O2Si/c1-3-5(6)4(2)7-8/h3-4H,1H2,2,8H3. The smallest absolute Gasteiger partial charge is 0.182 e. The number of carbonyl (C=O) groups is 1. The van der Waals surface area contributed by atoms with E-state index in [9.17, 15) is 4.79 Å². The molecule has 0 bridgehead atoms. The molecule has 0 aromatic rings. The average molecular weight is 130 g/mol. The molecule has 0 radical (unpaired) electrons. The normalized spacial score (nSPS) is 13.1. The van der Waals surface area contributed by atoms with Crippen molar-refractivity contribution in [2.45, 2.75) is 13.0 Å². The predicted octanol–water partition coefficient (Wildman–Crippen LogP) is -0.573. The fraction of sp³-hybridized carbons (Fsp3) is 0.400. The zero-order chi connectivity index (χ0) is 6.57. The van der Waals surface area contributed by atoms with Crippen LogP contribution in [0, 0.1) is 0 Å². The second kappa shape index (κ2) is 3.57. The van der Waals surface area contributed by atoms with Crippen LogP contribution in [0.2, 0.25) is 0 Å². The van der Waals surface area contributed by atoms with Crippen molar-refractivity contribution in [1.82, 2.24) is 0 Å². The number of hydrogen-bond acceptors (Lipinski definition) is 2. The van der Waals surface area contributed by atoms with Crippen molar-refractivity contribution in [2.24, 2.45) is 0 Å². The van der Waals surface area contributed by atoms with Crippen molar-refractivity contribution >= 4 is 16.3 Å². The van der Waals surface area contributed by atoms with Crippen molar-refractivity contribution in [3.05, 3.63) is 12.7 Å². The first kappa shape index (κ1) is 7.59. The van der Waals surface area contributed by atoms with E-state index in [0.29, 0.717) is 10.5 Å². The Hall–Kier alpha value is -0.413. The number of carbonyl (C=O) groups excluding carboxylic acids is 1. The Balaban J connectivity index is 3.62. The molecule has 0 heterocycles. The molecule has 0 amide bonds. The van der Waals surface area contributed by atoms with E-state index < -0.39 is 0 Å². The van der Waals surface area contributed by atoms with E-state index in [1.807, 2.05) is 0 Å². The Morgan fingerprint density at radius 2 is 2.50 bits per heavy atom. The summed E-state index contributed by atoms with van der Waals surface area (Å²) in [5.41, 5.74) is 0. The lowest BCUT2D eigenvalue weighted by Gasteiger charge is -2.02. The molecule has 46 valence electrons. The van der Waals surface area contributed by atoms with Gasteiger partial charge in [-0.3, -0.25) is 4.79 Å². The third-order valence-electron chi connectivity index (χ3n) is 0.955. The lowest BCUT2D eigenvalue weighted by atomic mass is 10.3. The molecule has 0 rings (SSSR count). The summed E-state index contributed by atoms with van der Waals surface area (Å²) in [6.45, 7) is 5.03. The predicted molar refractivity (Wildman–Crippen MR) is 35.7 cm³/mol. The quantitative estimate of drug-likeness (QED) is 0.378. The summed E-state index contributed by atoms with van der Waals surface area (Å²) >= 11 is 0. The van der Waals surface area contributed by atoms with Gasteiger partial charge in [0.05, 0.1) is 0 Å². The van der Waals surface area contributed by atoms with Gasteiger partial charge >= 0.3 is 0 Å². The van der Waals surface area contributed by atoms with Gasteiger partial charge in [-0.05, 0) is 13.0 Å². The highest BCUT2D eigenvalue weighted by molar-refractivity contribution is 6.01. The average Bonchev–Trinajstić information content (AvgIpc) is 1.84. The van der Waals surface area contributed by atoms with Gasteiger partial charge in [-0.15, -0.1) is 0 Å². The van der Waals surface area contributed by atoms with Crippen LogP contribution in [-0.4, -0.2) is 22.4 Å². The van der Waals surface area contributed by atoms with Gasteiger partial charge in [0.25, 0.3) is 0 Å². The SMILES string of the molecule is C=CC(=O)C(C)O[SiH3]. The minimum atomic E-state index is -0.279. The first-order chi connectivity index (χ1) is 3.72. The van der Waals surface area contributed by atoms with Gasteiger partial charge in [0, 0.05) is 0 Å². The van der Waals surface area contributed by atoms with Gasteiger partial charge in [-0.2, -0.15) is 0 Å². The van der Waals surface area contributed by atoms with E-state index in [0.717, 1.165) is 0 Å². The monoisotopic (exact) mass is 130 g/mol. The van der Waals surface area contributed by atoms with E-state index in [1.165, 1.54) is 6.08 Å². The summed E-state index contributed by atoms with van der Waals surface area (Å²) in [7, 11) is 0.607. The molecule has 0 aliphatic rings. The molecule has 0 aliphatic heterocycles. The topological polar surface area (TPSA) is 26.3 Å². The molecule has 0 aliphatic carbocycles. The molecule has 0 saturated carbocycles.